The molecule has 0 unspecified atom stereocenters. The predicted molar refractivity (Wildman–Crippen MR) is 67.0 cm³/mol. The minimum atomic E-state index is 0.702. The van der Waals surface area contributed by atoms with E-state index < -0.39 is 0 Å². The van der Waals surface area contributed by atoms with Gasteiger partial charge < -0.3 is 10.5 Å². The number of nitrogens with zero attached hydrogens (tertiary/aromatic N) is 2. The summed E-state index contributed by atoms with van der Waals surface area (Å²) >= 11 is 0. The molecular weight excluding hydrogens is 214 g/mol. The molecular formula is C13H15N3O. The van der Waals surface area contributed by atoms with Crippen molar-refractivity contribution in [2.75, 3.05) is 12.3 Å². The lowest BCUT2D eigenvalue weighted by Gasteiger charge is -2.10. The van der Waals surface area contributed by atoms with Crippen LogP contribution in [0, 0.1) is 6.92 Å². The van der Waals surface area contributed by atoms with Crippen LogP contribution in [0.1, 0.15) is 11.1 Å². The summed E-state index contributed by atoms with van der Waals surface area (Å²) in [6.07, 6.45) is 2.77. The van der Waals surface area contributed by atoms with Gasteiger partial charge in [-0.15, -0.1) is 0 Å². The lowest BCUT2D eigenvalue weighted by molar-refractivity contribution is 0.357. The van der Waals surface area contributed by atoms with Crippen LogP contribution >= 0.6 is 0 Å². The van der Waals surface area contributed by atoms with Crippen molar-refractivity contribution in [2.24, 2.45) is 7.05 Å². The molecule has 88 valence electrons. The van der Waals surface area contributed by atoms with E-state index in [-0.39, 0.29) is 0 Å². The van der Waals surface area contributed by atoms with Crippen LogP contribution in [0.5, 0.6) is 5.75 Å². The minimum Gasteiger partial charge on any atom is -0.493 e. The smallest absolute Gasteiger partial charge is 0.129 e. The van der Waals surface area contributed by atoms with Crippen LogP contribution in [0.25, 0.3) is 11.1 Å². The largest absolute Gasteiger partial charge is 0.493 e. The van der Waals surface area contributed by atoms with Gasteiger partial charge in [0, 0.05) is 24.6 Å². The van der Waals surface area contributed by atoms with Crippen molar-refractivity contribution in [2.45, 2.75) is 13.3 Å². The number of hydrogen-bond acceptors (Lipinski definition) is 3. The Morgan fingerprint density at radius 1 is 1.41 bits per heavy atom. The van der Waals surface area contributed by atoms with Crippen molar-refractivity contribution >= 4 is 5.82 Å². The molecule has 3 rings (SSSR count). The van der Waals surface area contributed by atoms with Crippen molar-refractivity contribution in [3.63, 3.8) is 0 Å². The van der Waals surface area contributed by atoms with Crippen LogP contribution in [0.15, 0.2) is 18.3 Å². The molecule has 0 spiro atoms. The topological polar surface area (TPSA) is 53.1 Å². The van der Waals surface area contributed by atoms with Gasteiger partial charge in [0.1, 0.15) is 11.6 Å². The van der Waals surface area contributed by atoms with Gasteiger partial charge in [0.05, 0.1) is 12.8 Å². The molecule has 2 heterocycles. The molecule has 0 saturated carbocycles. The highest BCUT2D eigenvalue weighted by atomic mass is 16.5. The third-order valence-corrected chi connectivity index (χ3v) is 3.34. The fourth-order valence-electron chi connectivity index (χ4n) is 2.41. The molecule has 2 N–H and O–H groups in total. The Kier molecular flexibility index (Phi) is 2.11. The number of aryl methyl sites for hydroxylation is 2. The van der Waals surface area contributed by atoms with Crippen LogP contribution in [-0.4, -0.2) is 16.4 Å². The third-order valence-electron chi connectivity index (χ3n) is 3.34. The summed E-state index contributed by atoms with van der Waals surface area (Å²) < 4.78 is 7.29. The summed E-state index contributed by atoms with van der Waals surface area (Å²) in [5, 5.41) is 4.21. The number of fused-ring (bicyclic) bond motifs is 1. The Hall–Kier alpha value is -1.97. The molecule has 17 heavy (non-hydrogen) atoms. The zero-order chi connectivity index (χ0) is 12.0. The lowest BCUT2D eigenvalue weighted by Crippen LogP contribution is -1.99. The maximum Gasteiger partial charge on any atom is 0.129 e. The summed E-state index contributed by atoms with van der Waals surface area (Å²) in [4.78, 5) is 0. The average molecular weight is 229 g/mol. The summed E-state index contributed by atoms with van der Waals surface area (Å²) in [5.74, 6) is 1.68. The molecule has 1 aliphatic rings. The number of benzene rings is 1. The fraction of sp³-hybridized carbons (Fsp3) is 0.308. The molecule has 0 bridgehead atoms. The molecule has 1 aliphatic heterocycles. The van der Waals surface area contributed by atoms with Gasteiger partial charge in [0.25, 0.3) is 0 Å². The number of hydrogen-bond donors (Lipinski definition) is 1. The van der Waals surface area contributed by atoms with Crippen molar-refractivity contribution in [3.05, 3.63) is 29.5 Å². The van der Waals surface area contributed by atoms with Gasteiger partial charge in [0.15, 0.2) is 0 Å². The zero-order valence-corrected chi connectivity index (χ0v) is 10.0. The molecule has 4 nitrogen and oxygen atoms in total. The molecule has 1 aromatic carbocycles. The summed E-state index contributed by atoms with van der Waals surface area (Å²) in [6.45, 7) is 2.85. The van der Waals surface area contributed by atoms with E-state index in [1.165, 1.54) is 16.7 Å². The van der Waals surface area contributed by atoms with Gasteiger partial charge >= 0.3 is 0 Å². The Bertz CT molecular complexity index is 587. The van der Waals surface area contributed by atoms with Crippen molar-refractivity contribution < 1.29 is 4.74 Å². The number of nitrogens with two attached hydrogens (primary N) is 1. The first-order valence-electron chi connectivity index (χ1n) is 5.71. The normalized spacial score (nSPS) is 13.5. The van der Waals surface area contributed by atoms with E-state index in [9.17, 15) is 0 Å². The number of anilines is 1. The number of rotatable bonds is 1. The van der Waals surface area contributed by atoms with Gasteiger partial charge in [-0.05, 0) is 24.1 Å². The Morgan fingerprint density at radius 2 is 2.24 bits per heavy atom. The van der Waals surface area contributed by atoms with E-state index in [0.29, 0.717) is 5.82 Å². The molecule has 0 aliphatic carbocycles. The molecule has 4 heteroatoms. The zero-order valence-electron chi connectivity index (χ0n) is 10.0. The second kappa shape index (κ2) is 3.52. The quantitative estimate of drug-likeness (QED) is 0.812. The monoisotopic (exact) mass is 229 g/mol. The van der Waals surface area contributed by atoms with E-state index in [1.54, 1.807) is 4.68 Å². The molecule has 1 aromatic heterocycles. The van der Waals surface area contributed by atoms with Crippen LogP contribution in [0.4, 0.5) is 5.82 Å². The van der Waals surface area contributed by atoms with Crippen LogP contribution < -0.4 is 10.5 Å². The lowest BCUT2D eigenvalue weighted by atomic mass is 9.95. The SMILES string of the molecule is Cc1ccc2c(c1-c1cnn(C)c1N)CCO2. The van der Waals surface area contributed by atoms with Crippen LogP contribution in [0.3, 0.4) is 0 Å². The summed E-state index contributed by atoms with van der Waals surface area (Å²) in [6, 6.07) is 4.11. The number of aromatic nitrogens is 2. The second-order valence-corrected chi connectivity index (χ2v) is 4.40. The molecule has 0 radical (unpaired) electrons. The predicted octanol–water partition coefficient (Wildman–Crippen LogP) is 1.91. The summed E-state index contributed by atoms with van der Waals surface area (Å²) in [5.41, 5.74) is 10.7. The van der Waals surface area contributed by atoms with Crippen LogP contribution in [-0.2, 0) is 13.5 Å². The van der Waals surface area contributed by atoms with Gasteiger partial charge in [-0.25, -0.2) is 0 Å². The van der Waals surface area contributed by atoms with E-state index in [2.05, 4.69) is 18.1 Å². The molecule has 2 aromatic rings. The first-order chi connectivity index (χ1) is 8.18. The first-order valence-corrected chi connectivity index (χ1v) is 5.71. The molecule has 0 saturated heterocycles. The highest BCUT2D eigenvalue weighted by molar-refractivity contribution is 5.80. The van der Waals surface area contributed by atoms with Gasteiger partial charge in [-0.2, -0.15) is 5.10 Å². The van der Waals surface area contributed by atoms with E-state index >= 15 is 0 Å². The van der Waals surface area contributed by atoms with Gasteiger partial charge in [-0.1, -0.05) is 6.07 Å². The minimum absolute atomic E-state index is 0.702. The van der Waals surface area contributed by atoms with Crippen molar-refractivity contribution in [1.82, 2.24) is 9.78 Å². The van der Waals surface area contributed by atoms with E-state index in [1.807, 2.05) is 19.3 Å². The molecule has 0 amide bonds. The van der Waals surface area contributed by atoms with Crippen LogP contribution in [0.2, 0.25) is 0 Å². The number of nitrogen functional groups attached to an aromatic ring is 1. The maximum absolute atomic E-state index is 6.06. The Balaban J connectivity index is 2.27. The second-order valence-electron chi connectivity index (χ2n) is 4.40. The van der Waals surface area contributed by atoms with E-state index in [0.717, 1.165) is 24.3 Å². The average Bonchev–Trinajstić information content (AvgIpc) is 2.89. The standard InChI is InChI=1S/C13H15N3O/c1-8-3-4-11-9(5-6-17-11)12(8)10-7-15-16(2)13(10)14/h3-4,7H,5-6,14H2,1-2H3. The Labute approximate surface area is 100 Å². The van der Waals surface area contributed by atoms with Crippen molar-refractivity contribution in [3.8, 4) is 16.9 Å². The Morgan fingerprint density at radius 3 is 2.94 bits per heavy atom. The third kappa shape index (κ3) is 1.40. The van der Waals surface area contributed by atoms with Gasteiger partial charge in [0.2, 0.25) is 0 Å². The first kappa shape index (κ1) is 10.2. The summed E-state index contributed by atoms with van der Waals surface area (Å²) in [7, 11) is 1.85. The highest BCUT2D eigenvalue weighted by Crippen LogP contribution is 2.39. The van der Waals surface area contributed by atoms with Crippen molar-refractivity contribution in [1.29, 1.82) is 0 Å². The van der Waals surface area contributed by atoms with E-state index in [4.69, 9.17) is 10.5 Å². The molecule has 0 fully saturated rings. The highest BCUT2D eigenvalue weighted by Gasteiger charge is 2.21. The fourth-order valence-corrected chi connectivity index (χ4v) is 2.41. The van der Waals surface area contributed by atoms with Gasteiger partial charge in [-0.3, -0.25) is 4.68 Å². The molecule has 0 atom stereocenters. The number of ether oxygens (including phenoxy) is 1. The maximum atomic E-state index is 6.06.